The van der Waals surface area contributed by atoms with Crippen molar-refractivity contribution in [2.75, 3.05) is 0 Å². The van der Waals surface area contributed by atoms with Crippen molar-refractivity contribution in [1.29, 1.82) is 0 Å². The van der Waals surface area contributed by atoms with Crippen molar-refractivity contribution >= 4 is 16.6 Å². The maximum atomic E-state index is 6.09. The molecule has 5 rings (SSSR count). The molecule has 3 aromatic heterocycles. The van der Waals surface area contributed by atoms with Gasteiger partial charge < -0.3 is 8.82 Å². The fourth-order valence-corrected chi connectivity index (χ4v) is 2.93. The van der Waals surface area contributed by atoms with Crippen LogP contribution < -0.4 is 4.57 Å². The maximum absolute atomic E-state index is 6.09. The summed E-state index contributed by atoms with van der Waals surface area (Å²) in [5, 5.41) is 0. The van der Waals surface area contributed by atoms with Crippen LogP contribution in [0.25, 0.3) is 28.1 Å². The van der Waals surface area contributed by atoms with Crippen LogP contribution in [0.5, 0.6) is 0 Å². The van der Waals surface area contributed by atoms with Crippen molar-refractivity contribution in [1.82, 2.24) is 9.38 Å². The van der Waals surface area contributed by atoms with Crippen molar-refractivity contribution in [3.8, 4) is 11.5 Å². The molecule has 0 saturated heterocycles. The maximum Gasteiger partial charge on any atom is 0.382 e. The normalized spacial score (nSPS) is 13.1. The van der Waals surface area contributed by atoms with E-state index in [9.17, 15) is 0 Å². The first-order chi connectivity index (χ1) is 9.42. The Balaban J connectivity index is 1.93. The molecule has 1 aliphatic heterocycles. The monoisotopic (exact) mass is 248 g/mol. The first-order valence-corrected chi connectivity index (χ1v) is 6.27. The van der Waals surface area contributed by atoms with E-state index in [1.54, 1.807) is 6.20 Å². The molecule has 0 unspecified atom stereocenters. The predicted molar refractivity (Wildman–Crippen MR) is 69.7 cm³/mol. The van der Waals surface area contributed by atoms with Gasteiger partial charge in [-0.05, 0) is 6.07 Å². The molecule has 0 aliphatic carbocycles. The van der Waals surface area contributed by atoms with Crippen LogP contribution in [-0.2, 0) is 6.54 Å². The lowest BCUT2D eigenvalue weighted by molar-refractivity contribution is -0.649. The highest BCUT2D eigenvalue weighted by Crippen LogP contribution is 2.32. The second-order valence-electron chi connectivity index (χ2n) is 4.86. The average Bonchev–Trinajstić information content (AvgIpc) is 3.07. The average molecular weight is 248 g/mol. The van der Waals surface area contributed by atoms with Crippen LogP contribution in [0.3, 0.4) is 0 Å². The third-order valence-corrected chi connectivity index (χ3v) is 3.83. The van der Waals surface area contributed by atoms with Crippen LogP contribution in [0.1, 0.15) is 5.56 Å². The van der Waals surface area contributed by atoms with Crippen molar-refractivity contribution in [2.24, 2.45) is 0 Å². The van der Waals surface area contributed by atoms with Gasteiger partial charge in [0.1, 0.15) is 5.52 Å². The number of aromatic nitrogens is 3. The number of hydrogen-bond donors (Lipinski definition) is 0. The quantitative estimate of drug-likeness (QED) is 0.394. The Kier molecular flexibility index (Phi) is 1.49. The SMILES string of the molecule is c1ccc2c(c1)C[n+]1c-2oc2c3cnccn3cc21. The topological polar surface area (TPSA) is 34.3 Å². The predicted octanol–water partition coefficient (Wildman–Crippen LogP) is 2.40. The lowest BCUT2D eigenvalue weighted by atomic mass is 10.1. The summed E-state index contributed by atoms with van der Waals surface area (Å²) in [6, 6.07) is 8.39. The summed E-state index contributed by atoms with van der Waals surface area (Å²) in [6.45, 7) is 0.878. The molecule has 1 aliphatic rings. The van der Waals surface area contributed by atoms with Crippen molar-refractivity contribution in [2.45, 2.75) is 6.54 Å². The van der Waals surface area contributed by atoms with Crippen LogP contribution in [0.2, 0.25) is 0 Å². The van der Waals surface area contributed by atoms with E-state index in [1.165, 1.54) is 11.1 Å². The molecular formula is C15H10N3O+. The summed E-state index contributed by atoms with van der Waals surface area (Å²) in [5.74, 6) is 0.951. The highest BCUT2D eigenvalue weighted by molar-refractivity contribution is 5.88. The van der Waals surface area contributed by atoms with E-state index < -0.39 is 0 Å². The molecular weight excluding hydrogens is 238 g/mol. The zero-order valence-electron chi connectivity index (χ0n) is 10.1. The van der Waals surface area contributed by atoms with E-state index in [0.29, 0.717) is 0 Å². The van der Waals surface area contributed by atoms with E-state index in [0.717, 1.165) is 29.1 Å². The van der Waals surface area contributed by atoms with Crippen LogP contribution in [0.4, 0.5) is 0 Å². The fraction of sp³-hybridized carbons (Fsp3) is 0.0667. The molecule has 0 bridgehead atoms. The van der Waals surface area contributed by atoms with Gasteiger partial charge in [-0.1, -0.05) is 18.2 Å². The molecule has 4 heteroatoms. The molecule has 1 aromatic carbocycles. The van der Waals surface area contributed by atoms with Gasteiger partial charge in [0.05, 0.1) is 18.0 Å². The molecule has 0 spiro atoms. The van der Waals surface area contributed by atoms with Gasteiger partial charge in [-0.25, -0.2) is 0 Å². The lowest BCUT2D eigenvalue weighted by Gasteiger charge is -1.90. The molecule has 19 heavy (non-hydrogen) atoms. The Morgan fingerprint density at radius 1 is 1.26 bits per heavy atom. The van der Waals surface area contributed by atoms with Gasteiger partial charge in [-0.2, -0.15) is 4.57 Å². The second-order valence-corrected chi connectivity index (χ2v) is 4.86. The summed E-state index contributed by atoms with van der Waals surface area (Å²) < 4.78 is 10.4. The van der Waals surface area contributed by atoms with E-state index in [2.05, 4.69) is 44.4 Å². The standard InChI is InChI=1S/C15H10N3O/c1-2-4-11-10(3-1)8-18-13-9-17-6-5-16-7-12(17)14(13)19-15(11)18/h1-7,9H,8H2/q+1. The Hall–Kier alpha value is -2.62. The van der Waals surface area contributed by atoms with Gasteiger partial charge in [0, 0.05) is 18.0 Å². The van der Waals surface area contributed by atoms with Gasteiger partial charge in [0.15, 0.2) is 6.54 Å². The molecule has 4 heterocycles. The zero-order valence-corrected chi connectivity index (χ0v) is 10.1. The van der Waals surface area contributed by atoms with Crippen molar-refractivity contribution in [3.05, 3.63) is 54.6 Å². The molecule has 0 N–H and O–H groups in total. The molecule has 0 radical (unpaired) electrons. The van der Waals surface area contributed by atoms with Crippen molar-refractivity contribution < 1.29 is 8.98 Å². The molecule has 4 aromatic rings. The van der Waals surface area contributed by atoms with E-state index in [4.69, 9.17) is 4.42 Å². The number of nitrogens with zero attached hydrogens (tertiary/aromatic N) is 3. The minimum absolute atomic E-state index is 0.878. The third-order valence-electron chi connectivity index (χ3n) is 3.83. The van der Waals surface area contributed by atoms with Gasteiger partial charge in [0.25, 0.3) is 5.52 Å². The highest BCUT2D eigenvalue weighted by atomic mass is 16.4. The molecule has 0 saturated carbocycles. The first kappa shape index (κ1) is 9.33. The summed E-state index contributed by atoms with van der Waals surface area (Å²) in [6.07, 6.45) is 7.67. The Bertz CT molecular complexity index is 949. The largest absolute Gasteiger partial charge is 0.395 e. The smallest absolute Gasteiger partial charge is 0.382 e. The van der Waals surface area contributed by atoms with Gasteiger partial charge in [-0.3, -0.25) is 4.98 Å². The van der Waals surface area contributed by atoms with E-state index in [-0.39, 0.29) is 0 Å². The summed E-state index contributed by atoms with van der Waals surface area (Å²) in [4.78, 5) is 4.17. The van der Waals surface area contributed by atoms with Crippen LogP contribution in [-0.4, -0.2) is 9.38 Å². The highest BCUT2D eigenvalue weighted by Gasteiger charge is 2.34. The van der Waals surface area contributed by atoms with Crippen molar-refractivity contribution in [3.63, 3.8) is 0 Å². The third kappa shape index (κ3) is 1.04. The van der Waals surface area contributed by atoms with Crippen LogP contribution >= 0.6 is 0 Å². The summed E-state index contributed by atoms with van der Waals surface area (Å²) in [7, 11) is 0. The first-order valence-electron chi connectivity index (χ1n) is 6.27. The number of fused-ring (bicyclic) bond motifs is 7. The second kappa shape index (κ2) is 3.03. The number of hydrogen-bond acceptors (Lipinski definition) is 2. The summed E-state index contributed by atoms with van der Waals surface area (Å²) >= 11 is 0. The van der Waals surface area contributed by atoms with E-state index in [1.807, 2.05) is 12.4 Å². The molecule has 0 fully saturated rings. The minimum Gasteiger partial charge on any atom is -0.395 e. The number of oxazole rings is 1. The lowest BCUT2D eigenvalue weighted by Crippen LogP contribution is -2.30. The van der Waals surface area contributed by atoms with Crippen LogP contribution in [0.15, 0.2) is 53.5 Å². The Morgan fingerprint density at radius 3 is 3.21 bits per heavy atom. The van der Waals surface area contributed by atoms with Gasteiger partial charge >= 0.3 is 5.89 Å². The fourth-order valence-electron chi connectivity index (χ4n) is 2.93. The summed E-state index contributed by atoms with van der Waals surface area (Å²) in [5.41, 5.74) is 5.56. The molecule has 0 atom stereocenters. The minimum atomic E-state index is 0.878. The zero-order chi connectivity index (χ0) is 12.4. The number of rotatable bonds is 0. The van der Waals surface area contributed by atoms with Gasteiger partial charge in [-0.15, -0.1) is 0 Å². The molecule has 90 valence electrons. The van der Waals surface area contributed by atoms with Gasteiger partial charge in [0.2, 0.25) is 5.58 Å². The molecule has 4 nitrogen and oxygen atoms in total. The Labute approximate surface area is 108 Å². The van der Waals surface area contributed by atoms with E-state index >= 15 is 0 Å². The molecule has 0 amide bonds. The number of benzene rings is 1. The Morgan fingerprint density at radius 2 is 2.21 bits per heavy atom. The van der Waals surface area contributed by atoms with Crippen LogP contribution in [0, 0.1) is 0 Å².